The van der Waals surface area contributed by atoms with Crippen LogP contribution in [0.25, 0.3) is 16.9 Å². The molecule has 12 heteroatoms. The van der Waals surface area contributed by atoms with E-state index in [9.17, 15) is 14.0 Å². The predicted octanol–water partition coefficient (Wildman–Crippen LogP) is 6.49. The quantitative estimate of drug-likeness (QED) is 0.230. The van der Waals surface area contributed by atoms with E-state index in [0.29, 0.717) is 59.3 Å². The van der Waals surface area contributed by atoms with Gasteiger partial charge in [-0.15, -0.1) is 0 Å². The van der Waals surface area contributed by atoms with E-state index in [1.54, 1.807) is 43.6 Å². The topological polar surface area (TPSA) is 111 Å². The van der Waals surface area contributed by atoms with Gasteiger partial charge in [0.2, 0.25) is 0 Å². The highest BCUT2D eigenvalue weighted by Gasteiger charge is 2.39. The number of hydrogen-bond acceptors (Lipinski definition) is 9. The summed E-state index contributed by atoms with van der Waals surface area (Å²) in [5, 5.41) is 3.36. The molecule has 248 valence electrons. The van der Waals surface area contributed by atoms with Gasteiger partial charge >= 0.3 is 6.09 Å². The molecule has 2 aliphatic heterocycles. The van der Waals surface area contributed by atoms with E-state index in [1.807, 2.05) is 44.1 Å². The lowest BCUT2D eigenvalue weighted by Crippen LogP contribution is -2.37. The maximum absolute atomic E-state index is 14.0. The first kappa shape index (κ1) is 32.5. The van der Waals surface area contributed by atoms with E-state index in [-0.39, 0.29) is 18.8 Å². The maximum atomic E-state index is 14.0. The summed E-state index contributed by atoms with van der Waals surface area (Å²) in [7, 11) is 3.97. The third-order valence-corrected chi connectivity index (χ3v) is 8.19. The van der Waals surface area contributed by atoms with Crippen LogP contribution in [-0.4, -0.2) is 75.2 Å². The van der Waals surface area contributed by atoms with Crippen molar-refractivity contribution in [1.82, 2.24) is 24.2 Å². The Kier molecular flexibility index (Phi) is 9.01. The van der Waals surface area contributed by atoms with Gasteiger partial charge in [-0.1, -0.05) is 12.1 Å². The number of imidazole rings is 1. The van der Waals surface area contributed by atoms with Crippen molar-refractivity contribution < 1.29 is 28.2 Å². The van der Waals surface area contributed by atoms with Gasteiger partial charge in [0.15, 0.2) is 0 Å². The second-order valence-corrected chi connectivity index (χ2v) is 13.3. The van der Waals surface area contributed by atoms with E-state index in [2.05, 4.69) is 10.3 Å². The lowest BCUT2D eigenvalue weighted by atomic mass is 9.99. The van der Waals surface area contributed by atoms with Crippen molar-refractivity contribution in [2.75, 3.05) is 32.6 Å². The average molecular weight is 645 g/mol. The van der Waals surface area contributed by atoms with Crippen molar-refractivity contribution in [3.8, 4) is 11.3 Å². The molecule has 0 radical (unpaired) electrons. The van der Waals surface area contributed by atoms with Gasteiger partial charge in [-0.25, -0.2) is 24.1 Å². The zero-order valence-electron chi connectivity index (χ0n) is 27.7. The van der Waals surface area contributed by atoms with E-state index < -0.39 is 23.4 Å². The Morgan fingerprint density at radius 3 is 2.66 bits per heavy atom. The summed E-state index contributed by atoms with van der Waals surface area (Å²) >= 11 is 0. The predicted molar refractivity (Wildman–Crippen MR) is 175 cm³/mol. The third kappa shape index (κ3) is 6.99. The first-order valence-corrected chi connectivity index (χ1v) is 15.9. The second kappa shape index (κ2) is 13.0. The van der Waals surface area contributed by atoms with Crippen LogP contribution in [-0.2, 0) is 27.3 Å². The first-order chi connectivity index (χ1) is 22.4. The number of carbonyl (C=O) groups excluding carboxylic acids is 2. The number of hydrogen-bond donors (Lipinski definition) is 1. The highest BCUT2D eigenvalue weighted by atomic mass is 19.1. The minimum absolute atomic E-state index is 0.00165. The van der Waals surface area contributed by atoms with Gasteiger partial charge in [0, 0.05) is 43.1 Å². The van der Waals surface area contributed by atoms with Crippen LogP contribution in [0, 0.1) is 5.82 Å². The summed E-state index contributed by atoms with van der Waals surface area (Å²) in [4.78, 5) is 39.7. The fourth-order valence-electron chi connectivity index (χ4n) is 6.07. The molecule has 0 aliphatic carbocycles. The number of nitrogens with zero attached hydrogens (tertiary/aromatic N) is 5. The fraction of sp³-hybridized carbons (Fsp3) is 0.429. The minimum atomic E-state index is -0.790. The summed E-state index contributed by atoms with van der Waals surface area (Å²) in [6.07, 6.45) is 4.19. The number of aromatic nitrogens is 3. The molecule has 1 N–H and O–H groups in total. The van der Waals surface area contributed by atoms with Crippen LogP contribution in [0.4, 0.5) is 20.7 Å². The number of rotatable bonds is 8. The van der Waals surface area contributed by atoms with Crippen LogP contribution in [0.3, 0.4) is 0 Å². The van der Waals surface area contributed by atoms with Crippen molar-refractivity contribution >= 4 is 29.2 Å². The fourth-order valence-corrected chi connectivity index (χ4v) is 6.07. The van der Waals surface area contributed by atoms with Gasteiger partial charge in [0.05, 0.1) is 47.6 Å². The number of carbonyl (C=O) groups is 2. The van der Waals surface area contributed by atoms with Crippen molar-refractivity contribution in [2.45, 2.75) is 71.4 Å². The van der Waals surface area contributed by atoms with Gasteiger partial charge in [0.1, 0.15) is 22.9 Å². The molecule has 4 aromatic rings. The Morgan fingerprint density at radius 2 is 1.94 bits per heavy atom. The lowest BCUT2D eigenvalue weighted by molar-refractivity contribution is -0.0640. The number of pyridine rings is 2. The Balaban J connectivity index is 1.37. The van der Waals surface area contributed by atoms with Crippen LogP contribution < -0.4 is 5.32 Å². The normalized spacial score (nSPS) is 16.2. The summed E-state index contributed by atoms with van der Waals surface area (Å²) in [6, 6.07) is 10.3. The molecule has 0 bridgehead atoms. The molecule has 0 saturated carbocycles. The van der Waals surface area contributed by atoms with Crippen LogP contribution in [0.15, 0.2) is 48.8 Å². The standard InChI is InChI=1S/C35H41FN6O5/c1-21(46-23-12-15-45-16-13-23)24-8-10-30(39-28(24)20-40(5)6)38-27-9-7-25(29-18-37-31-17-22(36)11-14-41(29)31)26-19-42(33(43)32(26)27)34(44)47-35(2,3)4/h7-11,14,17-18,21,23H,12-13,15-16,19-20H2,1-6H3,(H,38,39)/t21-/m1/s1. The highest BCUT2D eigenvalue weighted by Crippen LogP contribution is 2.39. The number of ether oxygens (including phenoxy) is 3. The highest BCUT2D eigenvalue weighted by molar-refractivity contribution is 6.11. The molecule has 11 nitrogen and oxygen atoms in total. The molecule has 6 rings (SSSR count). The molecule has 2 aliphatic rings. The molecular weight excluding hydrogens is 603 g/mol. The first-order valence-electron chi connectivity index (χ1n) is 15.9. The minimum Gasteiger partial charge on any atom is -0.443 e. The van der Waals surface area contributed by atoms with Crippen molar-refractivity contribution in [3.05, 3.63) is 77.0 Å². The van der Waals surface area contributed by atoms with Gasteiger partial charge in [-0.2, -0.15) is 0 Å². The molecule has 1 fully saturated rings. The number of halogens is 1. The second-order valence-electron chi connectivity index (χ2n) is 13.3. The van der Waals surface area contributed by atoms with Crippen LogP contribution >= 0.6 is 0 Å². The summed E-state index contributed by atoms with van der Waals surface area (Å²) < 4.78 is 33.2. The largest absolute Gasteiger partial charge is 0.443 e. The van der Waals surface area contributed by atoms with E-state index in [1.165, 1.54) is 12.1 Å². The van der Waals surface area contributed by atoms with Crippen molar-refractivity contribution in [1.29, 1.82) is 0 Å². The molecule has 1 atom stereocenters. The van der Waals surface area contributed by atoms with Gasteiger partial charge < -0.3 is 24.4 Å². The molecule has 3 aromatic heterocycles. The zero-order valence-corrected chi connectivity index (χ0v) is 27.7. The molecule has 5 heterocycles. The monoisotopic (exact) mass is 644 g/mol. The van der Waals surface area contributed by atoms with Crippen LogP contribution in [0.5, 0.6) is 0 Å². The molecule has 0 spiro atoms. The smallest absolute Gasteiger partial charge is 0.417 e. The summed E-state index contributed by atoms with van der Waals surface area (Å²) in [6.45, 7) is 9.30. The Morgan fingerprint density at radius 1 is 1.17 bits per heavy atom. The Bertz CT molecular complexity index is 1810. The Labute approximate surface area is 273 Å². The van der Waals surface area contributed by atoms with Crippen LogP contribution in [0.2, 0.25) is 0 Å². The molecule has 0 unspecified atom stereocenters. The van der Waals surface area contributed by atoms with E-state index >= 15 is 0 Å². The molecule has 2 amide bonds. The summed E-state index contributed by atoms with van der Waals surface area (Å²) in [5.41, 5.74) is 4.30. The van der Waals surface area contributed by atoms with Crippen molar-refractivity contribution in [2.24, 2.45) is 0 Å². The van der Waals surface area contributed by atoms with Gasteiger partial charge in [-0.05, 0) is 78.4 Å². The van der Waals surface area contributed by atoms with Crippen LogP contribution in [0.1, 0.15) is 73.8 Å². The number of anilines is 2. The zero-order chi connectivity index (χ0) is 33.5. The summed E-state index contributed by atoms with van der Waals surface area (Å²) in [5.74, 6) is -0.336. The Hall–Kier alpha value is -4.39. The van der Waals surface area contributed by atoms with Gasteiger partial charge in [-0.3, -0.25) is 9.20 Å². The van der Waals surface area contributed by atoms with E-state index in [0.717, 1.165) is 29.0 Å². The third-order valence-electron chi connectivity index (χ3n) is 8.19. The van der Waals surface area contributed by atoms with Gasteiger partial charge in [0.25, 0.3) is 5.91 Å². The number of nitrogens with one attached hydrogen (secondary N) is 1. The number of fused-ring (bicyclic) bond motifs is 2. The van der Waals surface area contributed by atoms with E-state index in [4.69, 9.17) is 19.2 Å². The lowest BCUT2D eigenvalue weighted by Gasteiger charge is -2.27. The number of imide groups is 1. The SMILES string of the molecule is C[C@@H](OC1CCOCC1)c1ccc(Nc2ccc(-c3cnc4cc(F)ccn34)c3c2C(=O)N(C(=O)OC(C)(C)C)C3)nc1CN(C)C. The molecule has 1 saturated heterocycles. The van der Waals surface area contributed by atoms with Crippen molar-refractivity contribution in [3.63, 3.8) is 0 Å². The maximum Gasteiger partial charge on any atom is 0.417 e. The molecular formula is C35H41FN6O5. The molecule has 1 aromatic carbocycles. The number of amides is 2. The average Bonchev–Trinajstić information content (AvgIpc) is 3.58. The number of benzene rings is 1. The molecule has 47 heavy (non-hydrogen) atoms.